The zero-order valence-electron chi connectivity index (χ0n) is 74.1. The molecule has 636 valence electrons. The first kappa shape index (κ1) is 78.9. The Bertz CT molecular complexity index is 9010. The molecule has 0 atom stereocenters. The van der Waals surface area contributed by atoms with Crippen molar-refractivity contribution in [2.45, 2.75) is 0 Å². The summed E-state index contributed by atoms with van der Waals surface area (Å²) in [5.74, 6) is 0. The number of benzene rings is 22. The van der Waals surface area contributed by atoms with Crippen molar-refractivity contribution in [3.63, 3.8) is 0 Å². The van der Waals surface area contributed by atoms with Crippen LogP contribution in [0.15, 0.2) is 518 Å². The average Bonchev–Trinajstić information content (AvgIpc) is 1.54. The standard InChI is InChI=1S/C130H84N4O2/c1-2-18-85(19-3-1)95-20-14-21-96(76-95)99-24-17-25-112(81-99)132(111-71-56-93(57-72-111)98-23-16-27-114(80-98)134-125-35-11-6-30-117(125)118-31-7-12-36-126(118)134)110-65-52-89(53-66-110)87-40-44-91(45-41-87)105-61-74-121-122-75-62-106(84-130(122)136-129(121)83-105)103-49-48-101-77-100(46-47-102(101)78-103)94-58-69-109(70-59-94)131(107-63-50-88(51-64-107)86-38-42-90(43-39-86)104-60-73-120-119-32-8-13-37-127(119)135-128(120)82-104)108-67-54-92(55-68-108)97-22-15-26-113(79-97)133-123-33-9-4-28-115(123)116-29-5-10-34-124(116)133/h1-84H. The molecular weight excluding hydrogens is 1650 g/mol. The summed E-state index contributed by atoms with van der Waals surface area (Å²) in [6.45, 7) is 0. The third-order valence-corrected chi connectivity index (χ3v) is 27.5. The van der Waals surface area contributed by atoms with Gasteiger partial charge in [0.2, 0.25) is 0 Å². The minimum Gasteiger partial charge on any atom is -0.456 e. The molecule has 136 heavy (non-hydrogen) atoms. The van der Waals surface area contributed by atoms with Crippen LogP contribution in [0, 0.1) is 0 Å². The summed E-state index contributed by atoms with van der Waals surface area (Å²) in [5, 5.41) is 11.8. The number of furan rings is 2. The number of para-hydroxylation sites is 5. The molecule has 26 rings (SSSR count). The van der Waals surface area contributed by atoms with Gasteiger partial charge in [-0.05, 0) is 304 Å². The predicted octanol–water partition coefficient (Wildman–Crippen LogP) is 36.4. The minimum absolute atomic E-state index is 0.859. The third-order valence-electron chi connectivity index (χ3n) is 27.5. The molecular formula is C130H84N4O2. The van der Waals surface area contributed by atoms with Gasteiger partial charge >= 0.3 is 0 Å². The van der Waals surface area contributed by atoms with Crippen LogP contribution in [-0.4, -0.2) is 9.13 Å². The molecule has 22 aromatic carbocycles. The number of hydrogen-bond donors (Lipinski definition) is 0. The smallest absolute Gasteiger partial charge is 0.136 e. The van der Waals surface area contributed by atoms with Crippen molar-refractivity contribution < 1.29 is 8.83 Å². The lowest BCUT2D eigenvalue weighted by molar-refractivity contribution is 0.669. The van der Waals surface area contributed by atoms with Crippen LogP contribution in [0.2, 0.25) is 0 Å². The summed E-state index contributed by atoms with van der Waals surface area (Å²) in [5.41, 5.74) is 39.7. The van der Waals surface area contributed by atoms with Crippen molar-refractivity contribution >= 4 is 132 Å². The molecule has 0 N–H and O–H groups in total. The van der Waals surface area contributed by atoms with Crippen molar-refractivity contribution in [1.82, 2.24) is 9.13 Å². The summed E-state index contributed by atoms with van der Waals surface area (Å²) < 4.78 is 17.9. The molecule has 6 heteroatoms. The first-order valence-electron chi connectivity index (χ1n) is 46.5. The first-order valence-corrected chi connectivity index (χ1v) is 46.5. The highest BCUT2D eigenvalue weighted by Gasteiger charge is 2.22. The highest BCUT2D eigenvalue weighted by Crippen LogP contribution is 2.46. The van der Waals surface area contributed by atoms with Gasteiger partial charge in [-0.2, -0.15) is 0 Å². The van der Waals surface area contributed by atoms with E-state index in [0.717, 1.165) is 190 Å². The average molecular weight is 1730 g/mol. The number of fused-ring (bicyclic) bond motifs is 13. The van der Waals surface area contributed by atoms with Gasteiger partial charge in [0.05, 0.1) is 22.1 Å². The maximum absolute atomic E-state index is 6.80. The monoisotopic (exact) mass is 1730 g/mol. The normalized spacial score (nSPS) is 11.7. The molecule has 0 aliphatic carbocycles. The van der Waals surface area contributed by atoms with Crippen LogP contribution >= 0.6 is 0 Å². The highest BCUT2D eigenvalue weighted by molar-refractivity contribution is 6.12. The lowest BCUT2D eigenvalue weighted by Crippen LogP contribution is -2.10. The Kier molecular flexibility index (Phi) is 19.2. The van der Waals surface area contributed by atoms with E-state index in [1.165, 1.54) is 65.5 Å². The van der Waals surface area contributed by atoms with Gasteiger partial charge in [0.25, 0.3) is 0 Å². The summed E-state index contributed by atoms with van der Waals surface area (Å²) in [6.07, 6.45) is 0. The molecule has 0 bridgehead atoms. The quantitative estimate of drug-likeness (QED) is 0.0859. The van der Waals surface area contributed by atoms with Gasteiger partial charge in [-0.1, -0.05) is 328 Å². The second kappa shape index (κ2) is 33.1. The van der Waals surface area contributed by atoms with Gasteiger partial charge in [0.15, 0.2) is 0 Å². The van der Waals surface area contributed by atoms with Crippen LogP contribution in [0.5, 0.6) is 0 Å². The second-order valence-corrected chi connectivity index (χ2v) is 35.5. The van der Waals surface area contributed by atoms with Crippen molar-refractivity contribution in [3.05, 3.63) is 510 Å². The molecule has 0 saturated carbocycles. The molecule has 0 saturated heterocycles. The van der Waals surface area contributed by atoms with E-state index in [0.29, 0.717) is 0 Å². The number of hydrogen-bond acceptors (Lipinski definition) is 4. The van der Waals surface area contributed by atoms with E-state index in [-0.39, 0.29) is 0 Å². The van der Waals surface area contributed by atoms with Crippen molar-refractivity contribution in [1.29, 1.82) is 0 Å². The molecule has 26 aromatic rings. The molecule has 0 amide bonds. The summed E-state index contributed by atoms with van der Waals surface area (Å²) in [4.78, 5) is 4.74. The van der Waals surface area contributed by atoms with Crippen LogP contribution in [-0.2, 0) is 0 Å². The zero-order valence-corrected chi connectivity index (χ0v) is 74.1. The van der Waals surface area contributed by atoms with E-state index in [9.17, 15) is 0 Å². The van der Waals surface area contributed by atoms with Gasteiger partial charge in [-0.15, -0.1) is 0 Å². The van der Waals surface area contributed by atoms with Crippen molar-refractivity contribution in [2.75, 3.05) is 9.80 Å². The number of aromatic nitrogens is 2. The Morgan fingerprint density at radius 3 is 0.765 bits per heavy atom. The van der Waals surface area contributed by atoms with Gasteiger partial charge in [0.1, 0.15) is 22.3 Å². The van der Waals surface area contributed by atoms with E-state index in [1.807, 2.05) is 12.1 Å². The molecule has 0 aliphatic rings. The fourth-order valence-corrected chi connectivity index (χ4v) is 20.6. The number of nitrogens with zero attached hydrogens (tertiary/aromatic N) is 4. The third kappa shape index (κ3) is 14.2. The second-order valence-electron chi connectivity index (χ2n) is 35.5. The largest absolute Gasteiger partial charge is 0.456 e. The molecule has 0 fully saturated rings. The van der Waals surface area contributed by atoms with E-state index >= 15 is 0 Å². The topological polar surface area (TPSA) is 42.6 Å². The number of rotatable bonds is 18. The molecule has 6 nitrogen and oxygen atoms in total. The lowest BCUT2D eigenvalue weighted by Gasteiger charge is -2.26. The Morgan fingerprint density at radius 1 is 0.132 bits per heavy atom. The predicted molar refractivity (Wildman–Crippen MR) is 571 cm³/mol. The van der Waals surface area contributed by atoms with Gasteiger partial charge < -0.3 is 27.8 Å². The van der Waals surface area contributed by atoms with E-state index in [4.69, 9.17) is 8.83 Å². The van der Waals surface area contributed by atoms with Crippen LogP contribution in [0.25, 0.3) is 221 Å². The molecule has 0 radical (unpaired) electrons. The van der Waals surface area contributed by atoms with Crippen molar-refractivity contribution in [3.8, 4) is 123 Å². The minimum atomic E-state index is 0.859. The zero-order chi connectivity index (χ0) is 89.7. The van der Waals surface area contributed by atoms with Crippen LogP contribution in [0.4, 0.5) is 34.1 Å². The fraction of sp³-hybridized carbons (Fsp3) is 0. The van der Waals surface area contributed by atoms with Crippen LogP contribution < -0.4 is 9.80 Å². The van der Waals surface area contributed by atoms with E-state index in [2.05, 4.69) is 516 Å². The fourth-order valence-electron chi connectivity index (χ4n) is 20.6. The van der Waals surface area contributed by atoms with Gasteiger partial charge in [-0.25, -0.2) is 0 Å². The Labute approximate surface area is 786 Å². The molecule has 4 aromatic heterocycles. The molecule has 0 aliphatic heterocycles. The lowest BCUT2D eigenvalue weighted by atomic mass is 9.97. The Balaban J connectivity index is 0.456. The maximum atomic E-state index is 6.80. The maximum Gasteiger partial charge on any atom is 0.136 e. The molecule has 4 heterocycles. The van der Waals surface area contributed by atoms with Crippen molar-refractivity contribution in [2.24, 2.45) is 0 Å². The SMILES string of the molecule is c1ccc(-c2cccc(-c3cccc(N(c4ccc(-c5ccc(-c6ccc7c(c6)oc6cc(-c8ccc9cc(-c%10ccc(N(c%11ccc(-c%12ccc(-c%13ccc%14c(c%13)oc%13ccccc%13%14)cc%12)cc%11)c%11ccc(-c%12cccc(-n%13c%14ccccc%14c%14ccccc%14%13)c%12)cc%11)cc%10)ccc9c8)ccc67)cc5)cc4)c4ccc(-c5cccc(-n6c7ccccc7c7ccccc76)c5)cc4)c3)c2)cc1. The molecule has 0 unspecified atom stereocenters. The summed E-state index contributed by atoms with van der Waals surface area (Å²) in [6, 6.07) is 186. The van der Waals surface area contributed by atoms with Crippen LogP contribution in [0.1, 0.15) is 0 Å². The summed E-state index contributed by atoms with van der Waals surface area (Å²) in [7, 11) is 0. The van der Waals surface area contributed by atoms with E-state index < -0.39 is 0 Å². The van der Waals surface area contributed by atoms with Gasteiger partial charge in [-0.3, -0.25) is 0 Å². The van der Waals surface area contributed by atoms with Gasteiger partial charge in [0, 0.05) is 88.6 Å². The molecule has 0 spiro atoms. The Morgan fingerprint density at radius 2 is 0.368 bits per heavy atom. The first-order chi connectivity index (χ1) is 67.3. The van der Waals surface area contributed by atoms with Crippen LogP contribution in [0.3, 0.4) is 0 Å². The number of anilines is 6. The van der Waals surface area contributed by atoms with E-state index in [1.54, 1.807) is 0 Å². The highest BCUT2D eigenvalue weighted by atomic mass is 16.3. The summed E-state index contributed by atoms with van der Waals surface area (Å²) >= 11 is 0. The Hall–Kier alpha value is -18.1.